The van der Waals surface area contributed by atoms with E-state index in [0.29, 0.717) is 0 Å². The van der Waals surface area contributed by atoms with Gasteiger partial charge in [-0.3, -0.25) is 0 Å². The Morgan fingerprint density at radius 1 is 1.55 bits per heavy atom. The van der Waals surface area contributed by atoms with Crippen LogP contribution in [0.5, 0.6) is 0 Å². The predicted octanol–water partition coefficient (Wildman–Crippen LogP) is 1.55. The monoisotopic (exact) mass is 161 g/mol. The quantitative estimate of drug-likeness (QED) is 0.586. The highest BCUT2D eigenvalue weighted by atomic mass is 16.3. The second kappa shape index (κ2) is 3.23. The molecule has 0 heterocycles. The molecule has 1 N–H and O–H groups in total. The largest absolute Gasteiger partial charge is 0.393 e. The minimum atomic E-state index is -3.16. The zero-order valence-electron chi connectivity index (χ0n) is 14.4. The van der Waals surface area contributed by atoms with Crippen molar-refractivity contribution in [3.05, 3.63) is 0 Å². The molecule has 0 aromatic carbocycles. The van der Waals surface area contributed by atoms with Crippen LogP contribution in [0.2, 0.25) is 0 Å². The van der Waals surface area contributed by atoms with Crippen molar-refractivity contribution in [3.63, 3.8) is 0 Å². The Kier molecular flexibility index (Phi) is 0.805. The molecule has 0 aromatic heterocycles. The highest BCUT2D eigenvalue weighted by Gasteiger charge is 2.31. The van der Waals surface area contributed by atoms with Crippen molar-refractivity contribution in [2.24, 2.45) is 17.7 Å². The average Bonchev–Trinajstić information content (AvgIpc) is 2.24. The molecular weight excluding hydrogens is 138 g/mol. The van der Waals surface area contributed by atoms with Gasteiger partial charge in [-0.2, -0.15) is 5.26 Å². The molecule has 1 rings (SSSR count). The summed E-state index contributed by atoms with van der Waals surface area (Å²) in [5, 5.41) is 19.1. The van der Waals surface area contributed by atoms with Gasteiger partial charge in [-0.05, 0) is 24.5 Å². The second-order valence-corrected chi connectivity index (χ2v) is 2.34. The molecule has 1 aliphatic carbocycles. The molecule has 2 nitrogen and oxygen atoms in total. The van der Waals surface area contributed by atoms with E-state index < -0.39 is 36.5 Å². The lowest BCUT2D eigenvalue weighted by atomic mass is 9.75. The SMILES string of the molecule is [2H]C1([2H])C([2H])(C)C([2H])(O)C([2H])(C)C([2H])([2H])C1([2H])C#N. The van der Waals surface area contributed by atoms with Gasteiger partial charge in [-0.25, -0.2) is 0 Å². The van der Waals surface area contributed by atoms with Crippen LogP contribution in [0.3, 0.4) is 0 Å². The minimum Gasteiger partial charge on any atom is -0.393 e. The molecule has 2 unspecified atom stereocenters. The third kappa shape index (κ3) is 1.72. The zero-order valence-corrected chi connectivity index (χ0v) is 6.39. The predicted molar refractivity (Wildman–Crippen MR) is 42.7 cm³/mol. The van der Waals surface area contributed by atoms with Gasteiger partial charge in [-0.1, -0.05) is 13.8 Å². The van der Waals surface area contributed by atoms with E-state index >= 15 is 0 Å². The van der Waals surface area contributed by atoms with Crippen molar-refractivity contribution < 1.29 is 16.1 Å². The van der Waals surface area contributed by atoms with Crippen molar-refractivity contribution in [2.45, 2.75) is 32.7 Å². The first-order valence-electron chi connectivity index (χ1n) is 7.20. The average molecular weight is 161 g/mol. The van der Waals surface area contributed by atoms with Crippen LogP contribution in [0.4, 0.5) is 0 Å². The number of hydrogen-bond donors (Lipinski definition) is 1. The fourth-order valence-corrected chi connectivity index (χ4v) is 0.862. The first-order valence-corrected chi connectivity index (χ1v) is 3.20. The van der Waals surface area contributed by atoms with Gasteiger partial charge in [0, 0.05) is 15.5 Å². The molecule has 0 bridgehead atoms. The summed E-state index contributed by atoms with van der Waals surface area (Å²) in [5.41, 5.74) is 0. The maximum absolute atomic E-state index is 10.0. The Bertz CT molecular complexity index is 420. The summed E-state index contributed by atoms with van der Waals surface area (Å²) in [4.78, 5) is 0. The van der Waals surface area contributed by atoms with Gasteiger partial charge in [0.2, 0.25) is 0 Å². The van der Waals surface area contributed by atoms with Gasteiger partial charge in [0.25, 0.3) is 0 Å². The normalized spacial score (nSPS) is 91.5. The molecule has 0 amide bonds. The van der Waals surface area contributed by atoms with Crippen LogP contribution in [0.15, 0.2) is 0 Å². The maximum Gasteiger partial charge on any atom is 0.0656 e. The van der Waals surface area contributed by atoms with Gasteiger partial charge >= 0.3 is 0 Å². The third-order valence-corrected chi connectivity index (χ3v) is 1.45. The first-order chi connectivity index (χ1) is 8.06. The van der Waals surface area contributed by atoms with E-state index in [1.807, 2.05) is 0 Å². The number of nitrogens with zero attached hydrogens (tertiary/aromatic N) is 1. The molecule has 2 atom stereocenters. The van der Waals surface area contributed by atoms with Crippen LogP contribution >= 0.6 is 0 Å². The standard InChI is InChI=1S/C9H15NO/c1-6-3-8(5-10)4-7(2)9(6)11/h6-9,11H,3-4H2,1-2H3/i3D2,4D2,6D,7D,8D,9D. The Balaban J connectivity index is 3.83. The molecule has 0 radical (unpaired) electrons. The van der Waals surface area contributed by atoms with Gasteiger partial charge in [-0.15, -0.1) is 0 Å². The van der Waals surface area contributed by atoms with E-state index in [4.69, 9.17) is 16.2 Å². The highest BCUT2D eigenvalue weighted by molar-refractivity contribution is 4.92. The van der Waals surface area contributed by atoms with Crippen molar-refractivity contribution in [1.29, 1.82) is 5.26 Å². The molecule has 0 spiro atoms. The van der Waals surface area contributed by atoms with Gasteiger partial charge in [0.05, 0.1) is 13.5 Å². The lowest BCUT2D eigenvalue weighted by molar-refractivity contribution is 0.0213. The summed E-state index contributed by atoms with van der Waals surface area (Å²) in [7, 11) is 0. The number of rotatable bonds is 0. The van der Waals surface area contributed by atoms with Crippen LogP contribution in [0, 0.1) is 29.0 Å². The summed E-state index contributed by atoms with van der Waals surface area (Å²) >= 11 is 0. The zero-order chi connectivity index (χ0) is 15.7. The fourth-order valence-electron chi connectivity index (χ4n) is 0.862. The molecule has 0 aliphatic heterocycles. The van der Waals surface area contributed by atoms with Crippen molar-refractivity contribution >= 4 is 0 Å². The van der Waals surface area contributed by atoms with E-state index in [2.05, 4.69) is 0 Å². The summed E-state index contributed by atoms with van der Waals surface area (Å²) in [6.45, 7) is 1.59. The lowest BCUT2D eigenvalue weighted by Gasteiger charge is -2.32. The number of nitriles is 1. The van der Waals surface area contributed by atoms with Crippen molar-refractivity contribution in [1.82, 2.24) is 0 Å². The molecule has 0 aromatic rings. The smallest absolute Gasteiger partial charge is 0.0656 e. The number of hydrogen-bond acceptors (Lipinski definition) is 2. The highest BCUT2D eigenvalue weighted by Crippen LogP contribution is 2.32. The van der Waals surface area contributed by atoms with Crippen LogP contribution in [-0.4, -0.2) is 11.2 Å². The van der Waals surface area contributed by atoms with Crippen LogP contribution in [-0.2, 0) is 0 Å². The van der Waals surface area contributed by atoms with E-state index in [9.17, 15) is 5.11 Å². The lowest BCUT2D eigenvalue weighted by Crippen LogP contribution is -2.33. The summed E-state index contributed by atoms with van der Waals surface area (Å²) in [5.74, 6) is -8.57. The molecule has 11 heavy (non-hydrogen) atoms. The van der Waals surface area contributed by atoms with E-state index in [1.165, 1.54) is 6.07 Å². The Morgan fingerprint density at radius 2 is 2.00 bits per heavy atom. The fraction of sp³-hybridized carbons (Fsp3) is 0.889. The minimum absolute atomic E-state index is 0.794. The third-order valence-electron chi connectivity index (χ3n) is 1.45. The molecular formula is C9H15NO. The van der Waals surface area contributed by atoms with Crippen molar-refractivity contribution in [3.8, 4) is 6.07 Å². The first kappa shape index (κ1) is 2.74. The molecule has 2 heteroatoms. The summed E-state index contributed by atoms with van der Waals surface area (Å²) in [6, 6.07) is 1.19. The molecule has 1 saturated carbocycles. The maximum atomic E-state index is 10.0. The van der Waals surface area contributed by atoms with Gasteiger partial charge in [0.1, 0.15) is 0 Å². The van der Waals surface area contributed by atoms with Gasteiger partial charge < -0.3 is 5.11 Å². The second-order valence-electron chi connectivity index (χ2n) is 2.34. The number of aliphatic hydroxyl groups is 1. The molecule has 1 aliphatic rings. The Morgan fingerprint density at radius 3 is 2.36 bits per heavy atom. The molecule has 1 fully saturated rings. The van der Waals surface area contributed by atoms with Crippen molar-refractivity contribution in [2.75, 3.05) is 0 Å². The summed E-state index contributed by atoms with van der Waals surface area (Å²) < 4.78 is 62.2. The molecule has 0 saturated heterocycles. The summed E-state index contributed by atoms with van der Waals surface area (Å²) in [6.07, 6.45) is -9.46. The van der Waals surface area contributed by atoms with E-state index in [-0.39, 0.29) is 0 Å². The molecule has 62 valence electrons. The van der Waals surface area contributed by atoms with Gasteiger partial charge in [0.15, 0.2) is 0 Å². The Hall–Kier alpha value is -0.550. The van der Waals surface area contributed by atoms with Crippen LogP contribution in [0.1, 0.15) is 37.6 Å². The van der Waals surface area contributed by atoms with Crippen LogP contribution in [0.25, 0.3) is 0 Å². The van der Waals surface area contributed by atoms with E-state index in [1.54, 1.807) is 0 Å². The topological polar surface area (TPSA) is 44.0 Å². The Labute approximate surface area is 79.1 Å². The van der Waals surface area contributed by atoms with E-state index in [0.717, 1.165) is 13.8 Å². The van der Waals surface area contributed by atoms with Crippen LogP contribution < -0.4 is 0 Å².